The van der Waals surface area contributed by atoms with Crippen molar-refractivity contribution in [2.75, 3.05) is 6.54 Å². The van der Waals surface area contributed by atoms with Crippen molar-refractivity contribution < 1.29 is 13.3 Å². The first-order chi connectivity index (χ1) is 10.7. The smallest absolute Gasteiger partial charge is 0.289 e. The molecular weight excluding hydrogens is 318 g/mol. The van der Waals surface area contributed by atoms with Crippen molar-refractivity contribution >= 4 is 15.7 Å². The van der Waals surface area contributed by atoms with Gasteiger partial charge in [-0.05, 0) is 44.7 Å². The third-order valence-electron chi connectivity index (χ3n) is 4.52. The number of aryl methyl sites for hydroxylation is 1. The zero-order valence-corrected chi connectivity index (χ0v) is 14.5. The van der Waals surface area contributed by atoms with Crippen LogP contribution in [-0.4, -0.2) is 36.3 Å². The van der Waals surface area contributed by atoms with E-state index in [0.29, 0.717) is 24.1 Å². The van der Waals surface area contributed by atoms with Gasteiger partial charge in [0.05, 0.1) is 4.92 Å². The number of nitrogens with two attached hydrogens (primary N) is 1. The average molecular weight is 341 g/mol. The highest BCUT2D eigenvalue weighted by atomic mass is 32.2. The molecule has 1 heterocycles. The van der Waals surface area contributed by atoms with Crippen LogP contribution in [0.15, 0.2) is 17.0 Å². The predicted molar refractivity (Wildman–Crippen MR) is 87.8 cm³/mol. The van der Waals surface area contributed by atoms with Gasteiger partial charge in [-0.1, -0.05) is 12.5 Å². The third kappa shape index (κ3) is 3.24. The summed E-state index contributed by atoms with van der Waals surface area (Å²) in [6.07, 6.45) is 2.32. The lowest BCUT2D eigenvalue weighted by molar-refractivity contribution is -0.388. The Balaban J connectivity index is 2.63. The number of nitro benzene ring substituents is 1. The summed E-state index contributed by atoms with van der Waals surface area (Å²) in [5.41, 5.74) is 6.72. The van der Waals surface area contributed by atoms with Gasteiger partial charge in [0.1, 0.15) is 0 Å². The standard InChI is InChI=1S/C15H23N3O4S/c1-10-7-8-14(18(19)20)15(11(10)2)23(21,22)17-9-5-4-6-13(17)12(3)16/h7-8,12-13H,4-6,9,16H2,1-3H3. The van der Waals surface area contributed by atoms with E-state index in [0.717, 1.165) is 12.8 Å². The number of hydrogen-bond acceptors (Lipinski definition) is 5. The number of sulfonamides is 1. The maximum absolute atomic E-state index is 13.2. The molecule has 2 unspecified atom stereocenters. The number of hydrogen-bond donors (Lipinski definition) is 1. The fourth-order valence-corrected chi connectivity index (χ4v) is 5.33. The van der Waals surface area contributed by atoms with Crippen LogP contribution in [0.4, 0.5) is 5.69 Å². The third-order valence-corrected chi connectivity index (χ3v) is 6.63. The predicted octanol–water partition coefficient (Wildman–Crippen LogP) is 2.10. The quantitative estimate of drug-likeness (QED) is 0.666. The summed E-state index contributed by atoms with van der Waals surface area (Å²) in [6, 6.07) is 2.19. The number of rotatable bonds is 4. The van der Waals surface area contributed by atoms with Crippen molar-refractivity contribution in [1.29, 1.82) is 0 Å². The van der Waals surface area contributed by atoms with Gasteiger partial charge in [-0.25, -0.2) is 8.42 Å². The first-order valence-corrected chi connectivity index (χ1v) is 9.14. The molecule has 23 heavy (non-hydrogen) atoms. The SMILES string of the molecule is Cc1ccc([N+](=O)[O-])c(S(=O)(=O)N2CCCCC2C(C)N)c1C. The van der Waals surface area contributed by atoms with E-state index in [-0.39, 0.29) is 22.7 Å². The van der Waals surface area contributed by atoms with Crippen molar-refractivity contribution in [2.24, 2.45) is 5.73 Å². The number of piperidine rings is 1. The molecule has 0 aromatic heterocycles. The van der Waals surface area contributed by atoms with E-state index in [2.05, 4.69) is 0 Å². The molecular formula is C15H23N3O4S. The Morgan fingerprint density at radius 2 is 2.00 bits per heavy atom. The van der Waals surface area contributed by atoms with Gasteiger partial charge in [0.15, 0.2) is 4.90 Å². The molecule has 2 rings (SSSR count). The Morgan fingerprint density at radius 3 is 2.57 bits per heavy atom. The van der Waals surface area contributed by atoms with Crippen molar-refractivity contribution in [2.45, 2.75) is 57.0 Å². The molecule has 2 atom stereocenters. The lowest BCUT2D eigenvalue weighted by Crippen LogP contribution is -2.51. The Morgan fingerprint density at radius 1 is 1.35 bits per heavy atom. The van der Waals surface area contributed by atoms with Crippen molar-refractivity contribution in [1.82, 2.24) is 4.31 Å². The zero-order valence-electron chi connectivity index (χ0n) is 13.7. The van der Waals surface area contributed by atoms with Crippen LogP contribution in [0.2, 0.25) is 0 Å². The Hall–Kier alpha value is -1.51. The molecule has 7 nitrogen and oxygen atoms in total. The molecule has 1 aromatic carbocycles. The van der Waals surface area contributed by atoms with E-state index in [9.17, 15) is 18.5 Å². The van der Waals surface area contributed by atoms with Gasteiger partial charge in [-0.15, -0.1) is 0 Å². The molecule has 0 amide bonds. The Labute approximate surface area is 136 Å². The maximum Gasteiger partial charge on any atom is 0.289 e. The molecule has 128 valence electrons. The molecule has 0 spiro atoms. The van der Waals surface area contributed by atoms with Crippen molar-refractivity contribution in [3.8, 4) is 0 Å². The van der Waals surface area contributed by atoms with Gasteiger partial charge in [0.25, 0.3) is 5.69 Å². The summed E-state index contributed by atoms with van der Waals surface area (Å²) in [7, 11) is -3.97. The highest BCUT2D eigenvalue weighted by Crippen LogP contribution is 2.35. The van der Waals surface area contributed by atoms with Crippen LogP contribution < -0.4 is 5.73 Å². The molecule has 0 aliphatic carbocycles. The van der Waals surface area contributed by atoms with Crippen LogP contribution in [0.3, 0.4) is 0 Å². The van der Waals surface area contributed by atoms with Gasteiger partial charge in [-0.2, -0.15) is 4.31 Å². The molecule has 1 aliphatic rings. The first kappa shape index (κ1) is 17.8. The van der Waals surface area contributed by atoms with Crippen LogP contribution in [-0.2, 0) is 10.0 Å². The normalized spacial score (nSPS) is 21.1. The van der Waals surface area contributed by atoms with Crippen molar-refractivity contribution in [3.05, 3.63) is 33.4 Å². The monoisotopic (exact) mass is 341 g/mol. The van der Waals surface area contributed by atoms with Crippen LogP contribution >= 0.6 is 0 Å². The van der Waals surface area contributed by atoms with Crippen LogP contribution in [0.5, 0.6) is 0 Å². The first-order valence-electron chi connectivity index (χ1n) is 7.70. The van der Waals surface area contributed by atoms with E-state index in [1.807, 2.05) is 0 Å². The number of nitrogens with zero attached hydrogens (tertiary/aromatic N) is 2. The average Bonchev–Trinajstić information content (AvgIpc) is 2.49. The second-order valence-electron chi connectivity index (χ2n) is 6.15. The van der Waals surface area contributed by atoms with Crippen LogP contribution in [0.1, 0.15) is 37.3 Å². The summed E-state index contributed by atoms with van der Waals surface area (Å²) in [6.45, 7) is 5.48. The lowest BCUT2D eigenvalue weighted by Gasteiger charge is -2.37. The topological polar surface area (TPSA) is 107 Å². The van der Waals surface area contributed by atoms with E-state index in [4.69, 9.17) is 5.73 Å². The minimum absolute atomic E-state index is 0.199. The molecule has 1 saturated heterocycles. The molecule has 0 bridgehead atoms. The number of benzene rings is 1. The van der Waals surface area contributed by atoms with Gasteiger partial charge in [-0.3, -0.25) is 10.1 Å². The summed E-state index contributed by atoms with van der Waals surface area (Å²) in [5, 5.41) is 11.3. The second kappa shape index (κ2) is 6.54. The van der Waals surface area contributed by atoms with Crippen LogP contribution in [0, 0.1) is 24.0 Å². The van der Waals surface area contributed by atoms with E-state index >= 15 is 0 Å². The Kier molecular flexibility index (Phi) is 5.07. The fraction of sp³-hybridized carbons (Fsp3) is 0.600. The lowest BCUT2D eigenvalue weighted by atomic mass is 10.00. The molecule has 1 aliphatic heterocycles. The maximum atomic E-state index is 13.2. The van der Waals surface area contributed by atoms with Gasteiger partial charge < -0.3 is 5.73 Å². The number of nitro groups is 1. The summed E-state index contributed by atoms with van der Waals surface area (Å²) in [5.74, 6) is 0. The molecule has 0 radical (unpaired) electrons. The molecule has 1 fully saturated rings. The fourth-order valence-electron chi connectivity index (χ4n) is 3.12. The molecule has 8 heteroatoms. The Bertz CT molecular complexity index is 716. The second-order valence-corrected chi connectivity index (χ2v) is 7.98. The zero-order chi connectivity index (χ0) is 17.4. The highest BCUT2D eigenvalue weighted by Gasteiger charge is 2.39. The van der Waals surface area contributed by atoms with Crippen molar-refractivity contribution in [3.63, 3.8) is 0 Å². The summed E-state index contributed by atoms with van der Waals surface area (Å²) in [4.78, 5) is 10.5. The highest BCUT2D eigenvalue weighted by molar-refractivity contribution is 7.89. The molecule has 0 saturated carbocycles. The van der Waals surface area contributed by atoms with Gasteiger partial charge >= 0.3 is 0 Å². The van der Waals surface area contributed by atoms with E-state index in [1.165, 1.54) is 10.4 Å². The minimum Gasteiger partial charge on any atom is -0.326 e. The van der Waals surface area contributed by atoms with Gasteiger partial charge in [0, 0.05) is 24.7 Å². The molecule has 2 N–H and O–H groups in total. The van der Waals surface area contributed by atoms with Crippen LogP contribution in [0.25, 0.3) is 0 Å². The molecule has 1 aromatic rings. The largest absolute Gasteiger partial charge is 0.326 e. The minimum atomic E-state index is -3.97. The van der Waals surface area contributed by atoms with E-state index in [1.54, 1.807) is 26.8 Å². The summed E-state index contributed by atoms with van der Waals surface area (Å²) < 4.78 is 27.7. The summed E-state index contributed by atoms with van der Waals surface area (Å²) >= 11 is 0. The van der Waals surface area contributed by atoms with E-state index < -0.39 is 14.9 Å². The van der Waals surface area contributed by atoms with Gasteiger partial charge in [0.2, 0.25) is 10.0 Å².